The van der Waals surface area contributed by atoms with E-state index in [-0.39, 0.29) is 6.42 Å². The molecule has 0 aromatic heterocycles. The molecule has 1 aromatic carbocycles. The summed E-state index contributed by atoms with van der Waals surface area (Å²) in [5.41, 5.74) is 7.00. The monoisotopic (exact) mass is 251 g/mol. The summed E-state index contributed by atoms with van der Waals surface area (Å²) >= 11 is 3.41. The van der Waals surface area contributed by atoms with E-state index in [1.165, 1.54) is 0 Å². The highest BCUT2D eigenvalue weighted by Gasteiger charge is 1.94. The second kappa shape index (κ2) is 4.83. The van der Waals surface area contributed by atoms with Crippen LogP contribution < -0.4 is 5.73 Å². The molecule has 0 aliphatic heterocycles. The third-order valence-corrected chi connectivity index (χ3v) is 2.52. The molecule has 3 heteroatoms. The number of hydrogen-bond acceptors (Lipinski definition) is 1. The van der Waals surface area contributed by atoms with E-state index in [0.29, 0.717) is 0 Å². The lowest BCUT2D eigenvalue weighted by molar-refractivity contribution is -0.117. The predicted octanol–water partition coefficient (Wildman–Crippen LogP) is 1.98. The summed E-state index contributed by atoms with van der Waals surface area (Å²) in [4.78, 5) is 10.4. The van der Waals surface area contributed by atoms with E-state index in [0.717, 1.165) is 15.6 Å². The Balaban J connectivity index is 2.81. The summed E-state index contributed by atoms with van der Waals surface area (Å²) in [6.07, 6.45) is 0.103. The molecule has 0 bridgehead atoms. The van der Waals surface area contributed by atoms with Crippen molar-refractivity contribution in [2.75, 3.05) is 0 Å². The van der Waals surface area contributed by atoms with Gasteiger partial charge in [-0.3, -0.25) is 4.79 Å². The fraction of sp³-hybridized carbons (Fsp3) is 0.182. The molecule has 0 aliphatic carbocycles. The van der Waals surface area contributed by atoms with Gasteiger partial charge in [-0.15, -0.1) is 0 Å². The molecule has 0 heterocycles. The van der Waals surface area contributed by atoms with Gasteiger partial charge in [-0.2, -0.15) is 0 Å². The normalized spacial score (nSPS) is 9.00. The van der Waals surface area contributed by atoms with Crippen molar-refractivity contribution in [1.29, 1.82) is 0 Å². The van der Waals surface area contributed by atoms with Crippen LogP contribution in [0.2, 0.25) is 0 Å². The van der Waals surface area contributed by atoms with Crippen LogP contribution in [0.5, 0.6) is 0 Å². The first kappa shape index (κ1) is 10.8. The standard InChI is InChI=1S/C11H10BrNO/c1-8-5-6-9(7-10(8)12)3-2-4-11(13)14/h5-7H,4H2,1H3,(H2,13,14). The zero-order chi connectivity index (χ0) is 10.6. The molecule has 2 N–H and O–H groups in total. The Bertz CT molecular complexity index is 415. The van der Waals surface area contributed by atoms with Gasteiger partial charge < -0.3 is 5.73 Å². The van der Waals surface area contributed by atoms with Crippen LogP contribution >= 0.6 is 15.9 Å². The molecule has 0 fully saturated rings. The molecule has 1 amide bonds. The first-order chi connectivity index (χ1) is 6.59. The van der Waals surface area contributed by atoms with Crippen molar-refractivity contribution in [3.05, 3.63) is 33.8 Å². The number of benzene rings is 1. The van der Waals surface area contributed by atoms with Crippen LogP contribution in [0.3, 0.4) is 0 Å². The number of hydrogen-bond donors (Lipinski definition) is 1. The van der Waals surface area contributed by atoms with E-state index >= 15 is 0 Å². The maximum Gasteiger partial charge on any atom is 0.229 e. The van der Waals surface area contributed by atoms with Crippen LogP contribution in [0.4, 0.5) is 0 Å². The highest BCUT2D eigenvalue weighted by atomic mass is 79.9. The van der Waals surface area contributed by atoms with E-state index in [2.05, 4.69) is 27.8 Å². The molecule has 2 nitrogen and oxygen atoms in total. The number of carbonyl (C=O) groups is 1. The lowest BCUT2D eigenvalue weighted by Crippen LogP contribution is -2.08. The number of halogens is 1. The molecule has 0 saturated carbocycles. The average molecular weight is 252 g/mol. The SMILES string of the molecule is Cc1ccc(C#CCC(N)=O)cc1Br. The summed E-state index contributed by atoms with van der Waals surface area (Å²) < 4.78 is 1.02. The molecular weight excluding hydrogens is 242 g/mol. The third-order valence-electron chi connectivity index (χ3n) is 1.67. The molecule has 1 aromatic rings. The van der Waals surface area contributed by atoms with Gasteiger partial charge in [-0.05, 0) is 24.6 Å². The van der Waals surface area contributed by atoms with Crippen LogP contribution in [0.25, 0.3) is 0 Å². The molecule has 0 saturated heterocycles. The summed E-state index contributed by atoms with van der Waals surface area (Å²) in [7, 11) is 0. The lowest BCUT2D eigenvalue weighted by Gasteiger charge is -1.96. The minimum absolute atomic E-state index is 0.103. The van der Waals surface area contributed by atoms with Crippen molar-refractivity contribution in [3.63, 3.8) is 0 Å². The van der Waals surface area contributed by atoms with E-state index in [4.69, 9.17) is 5.73 Å². The zero-order valence-electron chi connectivity index (χ0n) is 7.80. The number of nitrogens with two attached hydrogens (primary N) is 1. The largest absolute Gasteiger partial charge is 0.369 e. The first-order valence-corrected chi connectivity index (χ1v) is 4.92. The van der Waals surface area contributed by atoms with Crippen LogP contribution in [0.15, 0.2) is 22.7 Å². The van der Waals surface area contributed by atoms with Gasteiger partial charge in [-0.25, -0.2) is 0 Å². The molecule has 0 unspecified atom stereocenters. The van der Waals surface area contributed by atoms with Gasteiger partial charge >= 0.3 is 0 Å². The van der Waals surface area contributed by atoms with Crippen molar-refractivity contribution in [1.82, 2.24) is 0 Å². The molecule has 1 rings (SSSR count). The molecule has 0 spiro atoms. The molecule has 72 valence electrons. The fourth-order valence-electron chi connectivity index (χ4n) is 0.904. The van der Waals surface area contributed by atoms with Gasteiger partial charge in [0.1, 0.15) is 0 Å². The highest BCUT2D eigenvalue weighted by molar-refractivity contribution is 9.10. The Morgan fingerprint density at radius 3 is 2.86 bits per heavy atom. The Morgan fingerprint density at radius 2 is 2.29 bits per heavy atom. The lowest BCUT2D eigenvalue weighted by atomic mass is 10.1. The van der Waals surface area contributed by atoms with Crippen LogP contribution in [0.1, 0.15) is 17.5 Å². The average Bonchev–Trinajstić information content (AvgIpc) is 2.10. The van der Waals surface area contributed by atoms with Crippen LogP contribution in [-0.2, 0) is 4.79 Å². The second-order valence-electron chi connectivity index (χ2n) is 2.91. The predicted molar refractivity (Wildman–Crippen MR) is 59.6 cm³/mol. The summed E-state index contributed by atoms with van der Waals surface area (Å²) in [6, 6.07) is 5.80. The topological polar surface area (TPSA) is 43.1 Å². The van der Waals surface area contributed by atoms with E-state index in [1.54, 1.807) is 0 Å². The third kappa shape index (κ3) is 3.23. The molecular formula is C11H10BrNO. The first-order valence-electron chi connectivity index (χ1n) is 4.13. The Morgan fingerprint density at radius 1 is 1.57 bits per heavy atom. The quantitative estimate of drug-likeness (QED) is 0.763. The number of carbonyl (C=O) groups excluding carboxylic acids is 1. The maximum absolute atomic E-state index is 10.4. The number of aryl methyl sites for hydroxylation is 1. The molecule has 14 heavy (non-hydrogen) atoms. The van der Waals surface area contributed by atoms with Gasteiger partial charge in [-0.1, -0.05) is 33.8 Å². The van der Waals surface area contributed by atoms with E-state index in [9.17, 15) is 4.79 Å². The summed E-state index contributed by atoms with van der Waals surface area (Å²) in [5.74, 6) is 5.17. The van der Waals surface area contributed by atoms with Gasteiger partial charge in [0.2, 0.25) is 5.91 Å². The van der Waals surface area contributed by atoms with Crippen molar-refractivity contribution in [2.45, 2.75) is 13.3 Å². The molecule has 0 radical (unpaired) electrons. The van der Waals surface area contributed by atoms with Crippen LogP contribution in [-0.4, -0.2) is 5.91 Å². The van der Waals surface area contributed by atoms with Crippen molar-refractivity contribution >= 4 is 21.8 Å². The minimum Gasteiger partial charge on any atom is -0.369 e. The van der Waals surface area contributed by atoms with Crippen molar-refractivity contribution in [2.24, 2.45) is 5.73 Å². The summed E-state index contributed by atoms with van der Waals surface area (Å²) in [6.45, 7) is 2.00. The van der Waals surface area contributed by atoms with Gasteiger partial charge in [0, 0.05) is 10.0 Å². The van der Waals surface area contributed by atoms with Crippen LogP contribution in [0, 0.1) is 18.8 Å². The van der Waals surface area contributed by atoms with Crippen molar-refractivity contribution in [3.8, 4) is 11.8 Å². The van der Waals surface area contributed by atoms with E-state index < -0.39 is 5.91 Å². The Kier molecular flexibility index (Phi) is 3.73. The Hall–Kier alpha value is -1.27. The fourth-order valence-corrected chi connectivity index (χ4v) is 1.28. The van der Waals surface area contributed by atoms with Gasteiger partial charge in [0.15, 0.2) is 0 Å². The Labute approximate surface area is 91.6 Å². The number of primary amides is 1. The maximum atomic E-state index is 10.4. The molecule has 0 atom stereocenters. The molecule has 0 aliphatic rings. The summed E-state index contributed by atoms with van der Waals surface area (Å²) in [5, 5.41) is 0. The number of rotatable bonds is 1. The number of amides is 1. The zero-order valence-corrected chi connectivity index (χ0v) is 9.39. The van der Waals surface area contributed by atoms with E-state index in [1.807, 2.05) is 25.1 Å². The van der Waals surface area contributed by atoms with Gasteiger partial charge in [0.05, 0.1) is 6.42 Å². The van der Waals surface area contributed by atoms with Crippen molar-refractivity contribution < 1.29 is 4.79 Å². The second-order valence-corrected chi connectivity index (χ2v) is 3.76. The highest BCUT2D eigenvalue weighted by Crippen LogP contribution is 2.16. The van der Waals surface area contributed by atoms with Gasteiger partial charge in [0.25, 0.3) is 0 Å². The minimum atomic E-state index is -0.399. The smallest absolute Gasteiger partial charge is 0.229 e.